The summed E-state index contributed by atoms with van der Waals surface area (Å²) in [5.74, 6) is 0.863. The van der Waals surface area contributed by atoms with E-state index >= 15 is 0 Å². The SMILES string of the molecule is CC1CCC(NC(=O)c2ccc3c(c2)NCCN3)CC1. The van der Waals surface area contributed by atoms with Crippen LogP contribution in [-0.4, -0.2) is 25.0 Å². The molecular weight excluding hydrogens is 250 g/mol. The number of hydrogen-bond acceptors (Lipinski definition) is 3. The zero-order chi connectivity index (χ0) is 13.9. The van der Waals surface area contributed by atoms with Gasteiger partial charge < -0.3 is 16.0 Å². The Balaban J connectivity index is 1.65. The molecule has 0 spiro atoms. The Kier molecular flexibility index (Phi) is 3.81. The quantitative estimate of drug-likeness (QED) is 0.776. The smallest absolute Gasteiger partial charge is 0.251 e. The van der Waals surface area contributed by atoms with E-state index in [-0.39, 0.29) is 5.91 Å². The number of benzene rings is 1. The first-order chi connectivity index (χ1) is 9.72. The lowest BCUT2D eigenvalue weighted by atomic mass is 9.87. The summed E-state index contributed by atoms with van der Waals surface area (Å²) in [5.41, 5.74) is 2.86. The predicted octanol–water partition coefficient (Wildman–Crippen LogP) is 2.83. The number of nitrogens with one attached hydrogen (secondary N) is 3. The van der Waals surface area contributed by atoms with Gasteiger partial charge in [-0.2, -0.15) is 0 Å². The summed E-state index contributed by atoms with van der Waals surface area (Å²) in [6.45, 7) is 4.12. The van der Waals surface area contributed by atoms with Crippen molar-refractivity contribution in [3.05, 3.63) is 23.8 Å². The molecule has 3 rings (SSSR count). The third kappa shape index (κ3) is 2.89. The molecule has 3 N–H and O–H groups in total. The Morgan fingerprint density at radius 3 is 2.55 bits per heavy atom. The van der Waals surface area contributed by atoms with Crippen LogP contribution < -0.4 is 16.0 Å². The lowest BCUT2D eigenvalue weighted by Gasteiger charge is -2.27. The van der Waals surface area contributed by atoms with Gasteiger partial charge in [0.05, 0.1) is 11.4 Å². The first kappa shape index (κ1) is 13.3. The average molecular weight is 273 g/mol. The molecule has 1 fully saturated rings. The Morgan fingerprint density at radius 2 is 1.80 bits per heavy atom. The van der Waals surface area contributed by atoms with Gasteiger partial charge >= 0.3 is 0 Å². The minimum atomic E-state index is 0.0553. The van der Waals surface area contributed by atoms with Gasteiger partial charge in [-0.05, 0) is 49.8 Å². The highest BCUT2D eigenvalue weighted by molar-refractivity contribution is 5.96. The van der Waals surface area contributed by atoms with Crippen LogP contribution in [0, 0.1) is 5.92 Å². The molecule has 0 unspecified atom stereocenters. The molecule has 108 valence electrons. The normalized spacial score (nSPS) is 25.1. The minimum absolute atomic E-state index is 0.0553. The molecular formula is C16H23N3O. The summed E-state index contributed by atoms with van der Waals surface area (Å²) in [6.07, 6.45) is 4.66. The van der Waals surface area contributed by atoms with E-state index in [1.165, 1.54) is 12.8 Å². The minimum Gasteiger partial charge on any atom is -0.382 e. The summed E-state index contributed by atoms with van der Waals surface area (Å²) < 4.78 is 0. The molecule has 1 saturated carbocycles. The van der Waals surface area contributed by atoms with Gasteiger partial charge in [-0.25, -0.2) is 0 Å². The van der Waals surface area contributed by atoms with Crippen molar-refractivity contribution in [1.29, 1.82) is 0 Å². The predicted molar refractivity (Wildman–Crippen MR) is 82.3 cm³/mol. The van der Waals surface area contributed by atoms with E-state index in [4.69, 9.17) is 0 Å². The monoisotopic (exact) mass is 273 g/mol. The van der Waals surface area contributed by atoms with Gasteiger partial charge in [0.2, 0.25) is 0 Å². The summed E-state index contributed by atoms with van der Waals surface area (Å²) in [6, 6.07) is 6.18. The van der Waals surface area contributed by atoms with Crippen molar-refractivity contribution in [2.24, 2.45) is 5.92 Å². The van der Waals surface area contributed by atoms with Crippen LogP contribution in [0.5, 0.6) is 0 Å². The van der Waals surface area contributed by atoms with Crippen molar-refractivity contribution in [1.82, 2.24) is 5.32 Å². The van der Waals surface area contributed by atoms with Crippen LogP contribution in [0.25, 0.3) is 0 Å². The molecule has 4 nitrogen and oxygen atoms in total. The number of carbonyl (C=O) groups is 1. The number of fused-ring (bicyclic) bond motifs is 1. The molecule has 1 amide bonds. The zero-order valence-corrected chi connectivity index (χ0v) is 12.0. The first-order valence-corrected chi connectivity index (χ1v) is 7.65. The lowest BCUT2D eigenvalue weighted by Crippen LogP contribution is -2.37. The molecule has 4 heteroatoms. The first-order valence-electron chi connectivity index (χ1n) is 7.65. The highest BCUT2D eigenvalue weighted by Crippen LogP contribution is 2.26. The van der Waals surface area contributed by atoms with Gasteiger partial charge in [0.25, 0.3) is 5.91 Å². The second-order valence-corrected chi connectivity index (χ2v) is 6.04. The van der Waals surface area contributed by atoms with E-state index in [2.05, 4.69) is 22.9 Å². The fourth-order valence-electron chi connectivity index (χ4n) is 3.05. The van der Waals surface area contributed by atoms with Crippen LogP contribution in [0.2, 0.25) is 0 Å². The summed E-state index contributed by atoms with van der Waals surface area (Å²) in [5, 5.41) is 9.82. The van der Waals surface area contributed by atoms with Gasteiger partial charge in [-0.1, -0.05) is 6.92 Å². The largest absolute Gasteiger partial charge is 0.382 e. The molecule has 1 aliphatic heterocycles. The van der Waals surface area contributed by atoms with Crippen molar-refractivity contribution in [2.45, 2.75) is 38.6 Å². The third-order valence-corrected chi connectivity index (χ3v) is 4.39. The van der Waals surface area contributed by atoms with E-state index < -0.39 is 0 Å². The average Bonchev–Trinajstić information content (AvgIpc) is 2.49. The molecule has 0 aromatic heterocycles. The van der Waals surface area contributed by atoms with E-state index in [9.17, 15) is 4.79 Å². The second-order valence-electron chi connectivity index (χ2n) is 6.04. The molecule has 1 aromatic rings. The molecule has 0 radical (unpaired) electrons. The Morgan fingerprint density at radius 1 is 1.10 bits per heavy atom. The number of anilines is 2. The van der Waals surface area contributed by atoms with Crippen molar-refractivity contribution < 1.29 is 4.79 Å². The van der Waals surface area contributed by atoms with Gasteiger partial charge in [-0.15, -0.1) is 0 Å². The third-order valence-electron chi connectivity index (χ3n) is 4.39. The van der Waals surface area contributed by atoms with E-state index in [0.29, 0.717) is 6.04 Å². The molecule has 2 aliphatic rings. The topological polar surface area (TPSA) is 53.2 Å². The Hall–Kier alpha value is -1.71. The van der Waals surface area contributed by atoms with Crippen LogP contribution in [0.3, 0.4) is 0 Å². The maximum Gasteiger partial charge on any atom is 0.251 e. The van der Waals surface area contributed by atoms with Crippen LogP contribution in [0.15, 0.2) is 18.2 Å². The van der Waals surface area contributed by atoms with Crippen molar-refractivity contribution in [3.8, 4) is 0 Å². The molecule has 1 heterocycles. The number of hydrogen-bond donors (Lipinski definition) is 3. The molecule has 0 atom stereocenters. The van der Waals surface area contributed by atoms with Gasteiger partial charge in [-0.3, -0.25) is 4.79 Å². The number of carbonyl (C=O) groups excluding carboxylic acids is 1. The second kappa shape index (κ2) is 5.73. The van der Waals surface area contributed by atoms with Crippen LogP contribution in [0.4, 0.5) is 11.4 Å². The highest BCUT2D eigenvalue weighted by atomic mass is 16.1. The van der Waals surface area contributed by atoms with Gasteiger partial charge in [0, 0.05) is 24.7 Å². The van der Waals surface area contributed by atoms with Crippen molar-refractivity contribution >= 4 is 17.3 Å². The zero-order valence-electron chi connectivity index (χ0n) is 12.0. The fraction of sp³-hybridized carbons (Fsp3) is 0.562. The van der Waals surface area contributed by atoms with Crippen LogP contribution >= 0.6 is 0 Å². The standard InChI is InChI=1S/C16H23N3O/c1-11-2-5-13(6-3-11)19-16(20)12-4-7-14-15(10-12)18-9-8-17-14/h4,7,10-11,13,17-18H,2-3,5-6,8-9H2,1H3,(H,19,20). The van der Waals surface area contributed by atoms with Crippen molar-refractivity contribution in [2.75, 3.05) is 23.7 Å². The highest BCUT2D eigenvalue weighted by Gasteiger charge is 2.20. The summed E-state index contributed by atoms with van der Waals surface area (Å²) in [4.78, 5) is 12.3. The van der Waals surface area contributed by atoms with Crippen LogP contribution in [-0.2, 0) is 0 Å². The fourth-order valence-corrected chi connectivity index (χ4v) is 3.05. The van der Waals surface area contributed by atoms with Crippen molar-refractivity contribution in [3.63, 3.8) is 0 Å². The van der Waals surface area contributed by atoms with Gasteiger partial charge in [0.1, 0.15) is 0 Å². The molecule has 0 saturated heterocycles. The number of amides is 1. The summed E-state index contributed by atoms with van der Waals surface area (Å²) in [7, 11) is 0. The lowest BCUT2D eigenvalue weighted by molar-refractivity contribution is 0.0923. The maximum absolute atomic E-state index is 12.3. The molecule has 0 bridgehead atoms. The molecule has 20 heavy (non-hydrogen) atoms. The number of rotatable bonds is 2. The Bertz CT molecular complexity index is 492. The molecule has 1 aliphatic carbocycles. The molecule has 1 aromatic carbocycles. The van der Waals surface area contributed by atoms with E-state index in [1.54, 1.807) is 0 Å². The van der Waals surface area contributed by atoms with E-state index in [1.807, 2.05) is 18.2 Å². The van der Waals surface area contributed by atoms with E-state index in [0.717, 1.165) is 48.8 Å². The van der Waals surface area contributed by atoms with Gasteiger partial charge in [0.15, 0.2) is 0 Å². The summed E-state index contributed by atoms with van der Waals surface area (Å²) >= 11 is 0. The van der Waals surface area contributed by atoms with Crippen LogP contribution in [0.1, 0.15) is 43.0 Å². The Labute approximate surface area is 120 Å². The maximum atomic E-state index is 12.3.